The molecule has 0 N–H and O–H groups in total. The van der Waals surface area contributed by atoms with Crippen LogP contribution < -0.4 is 9.47 Å². The minimum absolute atomic E-state index is 0.122. The molecule has 122 valence electrons. The van der Waals surface area contributed by atoms with E-state index in [0.29, 0.717) is 29.6 Å². The summed E-state index contributed by atoms with van der Waals surface area (Å²) in [5.74, 6) is 0.920. The van der Waals surface area contributed by atoms with Crippen molar-refractivity contribution in [2.45, 2.75) is 34.1 Å². The van der Waals surface area contributed by atoms with E-state index in [1.165, 1.54) is 13.8 Å². The van der Waals surface area contributed by atoms with Crippen LogP contribution in [0.1, 0.15) is 44.5 Å². The van der Waals surface area contributed by atoms with Crippen molar-refractivity contribution in [3.8, 4) is 11.5 Å². The maximum absolute atomic E-state index is 12.0. The number of hydrogen-bond donors (Lipinski definition) is 0. The first kappa shape index (κ1) is 17.0. The van der Waals surface area contributed by atoms with Gasteiger partial charge in [-0.3, -0.25) is 9.59 Å². The lowest BCUT2D eigenvalue weighted by Crippen LogP contribution is -2.08. The standard InChI is InChI=1S/C19H22O4/c1-12(2)9-10-22-19-16-8-6-5-7-15(16)18(23-14(4)21)11-17(19)13(3)20/h5-8,11-12H,9-10H2,1-4H3. The van der Waals surface area contributed by atoms with E-state index in [9.17, 15) is 9.59 Å². The molecule has 0 atom stereocenters. The average Bonchev–Trinajstić information content (AvgIpc) is 2.48. The van der Waals surface area contributed by atoms with Gasteiger partial charge in [0.1, 0.15) is 11.5 Å². The summed E-state index contributed by atoms with van der Waals surface area (Å²) in [6, 6.07) is 9.06. The van der Waals surface area contributed by atoms with E-state index in [1.54, 1.807) is 6.07 Å². The summed E-state index contributed by atoms with van der Waals surface area (Å²) in [6.45, 7) is 7.61. The Balaban J connectivity index is 2.56. The number of fused-ring (bicyclic) bond motifs is 1. The van der Waals surface area contributed by atoms with Gasteiger partial charge in [-0.15, -0.1) is 0 Å². The number of esters is 1. The third-order valence-corrected chi connectivity index (χ3v) is 3.53. The molecule has 4 heteroatoms. The van der Waals surface area contributed by atoms with Crippen molar-refractivity contribution in [3.05, 3.63) is 35.9 Å². The van der Waals surface area contributed by atoms with Gasteiger partial charge >= 0.3 is 5.97 Å². The fourth-order valence-electron chi connectivity index (χ4n) is 2.37. The maximum atomic E-state index is 12.0. The van der Waals surface area contributed by atoms with E-state index in [2.05, 4.69) is 13.8 Å². The van der Waals surface area contributed by atoms with Crippen LogP contribution in [0.3, 0.4) is 0 Å². The highest BCUT2D eigenvalue weighted by molar-refractivity contribution is 6.06. The Hall–Kier alpha value is -2.36. The zero-order valence-electron chi connectivity index (χ0n) is 14.0. The van der Waals surface area contributed by atoms with E-state index in [0.717, 1.165) is 17.2 Å². The molecule has 0 aliphatic carbocycles. The van der Waals surface area contributed by atoms with Crippen LogP contribution >= 0.6 is 0 Å². The SMILES string of the molecule is CC(=O)Oc1cc(C(C)=O)c(OCCC(C)C)c2ccccc12. The summed E-state index contributed by atoms with van der Waals surface area (Å²) in [5, 5.41) is 1.53. The first-order valence-corrected chi connectivity index (χ1v) is 7.78. The van der Waals surface area contributed by atoms with Gasteiger partial charge in [0.2, 0.25) is 0 Å². The fourth-order valence-corrected chi connectivity index (χ4v) is 2.37. The minimum atomic E-state index is -0.418. The molecule has 0 heterocycles. The number of ketones is 1. The molecule has 0 fully saturated rings. The Kier molecular flexibility index (Phi) is 5.37. The second-order valence-electron chi connectivity index (χ2n) is 5.98. The van der Waals surface area contributed by atoms with Crippen LogP contribution in [0.15, 0.2) is 30.3 Å². The molecule has 0 saturated heterocycles. The number of hydrogen-bond acceptors (Lipinski definition) is 4. The highest BCUT2D eigenvalue weighted by Gasteiger charge is 2.18. The predicted octanol–water partition coefficient (Wildman–Crippen LogP) is 4.39. The van der Waals surface area contributed by atoms with Crippen LogP contribution in [0.5, 0.6) is 11.5 Å². The van der Waals surface area contributed by atoms with E-state index in [-0.39, 0.29) is 5.78 Å². The highest BCUT2D eigenvalue weighted by atomic mass is 16.5. The van der Waals surface area contributed by atoms with Crippen molar-refractivity contribution >= 4 is 22.5 Å². The molecular formula is C19H22O4. The molecule has 0 aliphatic rings. The molecule has 0 bridgehead atoms. The molecule has 0 amide bonds. The quantitative estimate of drug-likeness (QED) is 0.451. The molecule has 0 radical (unpaired) electrons. The lowest BCUT2D eigenvalue weighted by molar-refractivity contribution is -0.131. The molecule has 23 heavy (non-hydrogen) atoms. The zero-order valence-corrected chi connectivity index (χ0v) is 14.0. The number of carbonyl (C=O) groups is 2. The van der Waals surface area contributed by atoms with Crippen LogP contribution in [0.25, 0.3) is 10.8 Å². The number of ether oxygens (including phenoxy) is 2. The number of Topliss-reactive ketones (excluding diaryl/α,β-unsaturated/α-hetero) is 1. The monoisotopic (exact) mass is 314 g/mol. The van der Waals surface area contributed by atoms with Crippen LogP contribution in [0, 0.1) is 5.92 Å². The van der Waals surface area contributed by atoms with Gasteiger partial charge in [-0.1, -0.05) is 38.1 Å². The Morgan fingerprint density at radius 1 is 1.09 bits per heavy atom. The highest BCUT2D eigenvalue weighted by Crippen LogP contribution is 2.37. The third kappa shape index (κ3) is 4.09. The van der Waals surface area contributed by atoms with Crippen molar-refractivity contribution in [1.29, 1.82) is 0 Å². The molecule has 0 aliphatic heterocycles. The summed E-state index contributed by atoms with van der Waals surface area (Å²) in [6.07, 6.45) is 0.900. The Labute approximate surface area is 136 Å². The number of benzene rings is 2. The van der Waals surface area contributed by atoms with E-state index >= 15 is 0 Å². The van der Waals surface area contributed by atoms with Crippen LogP contribution in [0.4, 0.5) is 0 Å². The predicted molar refractivity (Wildman–Crippen MR) is 90.2 cm³/mol. The fraction of sp³-hybridized carbons (Fsp3) is 0.368. The Bertz CT molecular complexity index is 731. The molecule has 0 unspecified atom stereocenters. The van der Waals surface area contributed by atoms with Crippen LogP contribution in [-0.4, -0.2) is 18.4 Å². The second-order valence-corrected chi connectivity index (χ2v) is 5.98. The van der Waals surface area contributed by atoms with E-state index < -0.39 is 5.97 Å². The largest absolute Gasteiger partial charge is 0.492 e. The minimum Gasteiger partial charge on any atom is -0.492 e. The lowest BCUT2D eigenvalue weighted by Gasteiger charge is -2.16. The first-order chi connectivity index (χ1) is 10.9. The van der Waals surface area contributed by atoms with Crippen LogP contribution in [-0.2, 0) is 4.79 Å². The third-order valence-electron chi connectivity index (χ3n) is 3.53. The molecule has 2 aromatic rings. The van der Waals surface area contributed by atoms with E-state index in [4.69, 9.17) is 9.47 Å². The van der Waals surface area contributed by atoms with Gasteiger partial charge in [-0.25, -0.2) is 0 Å². The summed E-state index contributed by atoms with van der Waals surface area (Å²) >= 11 is 0. The summed E-state index contributed by atoms with van der Waals surface area (Å²) in [5.41, 5.74) is 0.434. The molecule has 0 aromatic heterocycles. The van der Waals surface area contributed by atoms with Gasteiger partial charge in [-0.05, 0) is 25.3 Å². The molecule has 2 rings (SSSR count). The van der Waals surface area contributed by atoms with Gasteiger partial charge < -0.3 is 9.47 Å². The van der Waals surface area contributed by atoms with Crippen molar-refractivity contribution in [2.75, 3.05) is 6.61 Å². The summed E-state index contributed by atoms with van der Waals surface area (Å²) < 4.78 is 11.2. The van der Waals surface area contributed by atoms with Crippen molar-refractivity contribution in [1.82, 2.24) is 0 Å². The van der Waals surface area contributed by atoms with Gasteiger partial charge in [0.25, 0.3) is 0 Å². The molecule has 0 spiro atoms. The molecule has 4 nitrogen and oxygen atoms in total. The molecular weight excluding hydrogens is 292 g/mol. The number of rotatable bonds is 6. The number of carbonyl (C=O) groups excluding carboxylic acids is 2. The average molecular weight is 314 g/mol. The zero-order chi connectivity index (χ0) is 17.0. The van der Waals surface area contributed by atoms with E-state index in [1.807, 2.05) is 24.3 Å². The lowest BCUT2D eigenvalue weighted by atomic mass is 10.0. The Morgan fingerprint density at radius 2 is 1.74 bits per heavy atom. The molecule has 0 saturated carbocycles. The smallest absolute Gasteiger partial charge is 0.308 e. The van der Waals surface area contributed by atoms with Gasteiger partial charge in [0.05, 0.1) is 12.2 Å². The summed E-state index contributed by atoms with van der Waals surface area (Å²) in [7, 11) is 0. The second kappa shape index (κ2) is 7.27. The molecule has 2 aromatic carbocycles. The summed E-state index contributed by atoms with van der Waals surface area (Å²) in [4.78, 5) is 23.4. The topological polar surface area (TPSA) is 52.6 Å². The van der Waals surface area contributed by atoms with Crippen molar-refractivity contribution < 1.29 is 19.1 Å². The normalized spacial score (nSPS) is 10.8. The Morgan fingerprint density at radius 3 is 2.30 bits per heavy atom. The first-order valence-electron chi connectivity index (χ1n) is 7.78. The van der Waals surface area contributed by atoms with Crippen molar-refractivity contribution in [3.63, 3.8) is 0 Å². The van der Waals surface area contributed by atoms with Gasteiger partial charge in [0, 0.05) is 17.7 Å². The van der Waals surface area contributed by atoms with Crippen molar-refractivity contribution in [2.24, 2.45) is 5.92 Å². The maximum Gasteiger partial charge on any atom is 0.308 e. The van der Waals surface area contributed by atoms with Crippen LogP contribution in [0.2, 0.25) is 0 Å². The van der Waals surface area contributed by atoms with Gasteiger partial charge in [-0.2, -0.15) is 0 Å². The van der Waals surface area contributed by atoms with Gasteiger partial charge in [0.15, 0.2) is 5.78 Å².